The minimum atomic E-state index is -0.415. The number of nitrogens with zero attached hydrogens (tertiary/aromatic N) is 2. The molecule has 0 unspecified atom stereocenters. The molecule has 0 atom stereocenters. The van der Waals surface area contributed by atoms with Crippen LogP contribution in [0.5, 0.6) is 5.75 Å². The third-order valence-corrected chi connectivity index (χ3v) is 7.71. The molecule has 0 saturated carbocycles. The van der Waals surface area contributed by atoms with Crippen molar-refractivity contribution in [2.24, 2.45) is 0 Å². The van der Waals surface area contributed by atoms with Crippen molar-refractivity contribution in [2.45, 2.75) is 6.04 Å². The summed E-state index contributed by atoms with van der Waals surface area (Å²) in [5, 5.41) is 5.85. The Morgan fingerprint density at radius 2 is 1.32 bits per heavy atom. The molecule has 1 aliphatic heterocycles. The van der Waals surface area contributed by atoms with Crippen LogP contribution in [0.4, 0.5) is 5.69 Å². The second-order valence-corrected chi connectivity index (χ2v) is 10.8. The van der Waals surface area contributed by atoms with Gasteiger partial charge in [0.05, 0.1) is 29.5 Å². The standard InChI is InChI=1S/C35H36N4O4S/c1-42-24-25-43-31-19-11-9-17-29(31)33(40)37-35(44)36-30-18-10-8-16-28(30)34(41)39-22-20-38(21-23-39)32(26-12-4-2-5-13-26)27-14-6-3-7-15-27/h2-19,32H,20-25H2,1H3,(H2,36,37,40,44). The van der Waals surface area contributed by atoms with Gasteiger partial charge in [0.2, 0.25) is 0 Å². The molecule has 4 aromatic carbocycles. The molecule has 5 rings (SSSR count). The van der Waals surface area contributed by atoms with Crippen LogP contribution in [-0.4, -0.2) is 73.2 Å². The van der Waals surface area contributed by atoms with Crippen molar-refractivity contribution >= 4 is 34.8 Å². The number of amides is 2. The summed E-state index contributed by atoms with van der Waals surface area (Å²) < 4.78 is 10.7. The second kappa shape index (κ2) is 15.2. The van der Waals surface area contributed by atoms with Crippen molar-refractivity contribution in [1.29, 1.82) is 0 Å². The number of hydrogen-bond acceptors (Lipinski definition) is 6. The minimum absolute atomic E-state index is 0.0836. The van der Waals surface area contributed by atoms with E-state index in [1.165, 1.54) is 11.1 Å². The molecule has 8 nitrogen and oxygen atoms in total. The van der Waals surface area contributed by atoms with E-state index in [0.717, 1.165) is 13.1 Å². The topological polar surface area (TPSA) is 83.1 Å². The molecule has 0 bridgehead atoms. The van der Waals surface area contributed by atoms with Crippen LogP contribution in [0.15, 0.2) is 109 Å². The molecule has 1 aliphatic rings. The number of methoxy groups -OCH3 is 1. The zero-order valence-electron chi connectivity index (χ0n) is 24.6. The zero-order valence-corrected chi connectivity index (χ0v) is 25.5. The number of piperazine rings is 1. The smallest absolute Gasteiger partial charge is 0.261 e. The third-order valence-electron chi connectivity index (χ3n) is 7.51. The quantitative estimate of drug-likeness (QED) is 0.185. The van der Waals surface area contributed by atoms with Crippen molar-refractivity contribution in [3.8, 4) is 5.75 Å². The maximum atomic E-state index is 13.7. The molecule has 4 aromatic rings. The molecule has 2 N–H and O–H groups in total. The molecule has 0 aliphatic carbocycles. The van der Waals surface area contributed by atoms with Gasteiger partial charge in [-0.3, -0.25) is 19.8 Å². The molecule has 2 amide bonds. The van der Waals surface area contributed by atoms with Gasteiger partial charge in [-0.2, -0.15) is 0 Å². The summed E-state index contributed by atoms with van der Waals surface area (Å²) in [6, 6.07) is 35.2. The van der Waals surface area contributed by atoms with Crippen LogP contribution >= 0.6 is 12.2 Å². The van der Waals surface area contributed by atoms with Crippen molar-refractivity contribution in [3.63, 3.8) is 0 Å². The normalized spacial score (nSPS) is 13.4. The lowest BCUT2D eigenvalue weighted by atomic mass is 9.96. The van der Waals surface area contributed by atoms with Crippen LogP contribution in [-0.2, 0) is 4.74 Å². The van der Waals surface area contributed by atoms with E-state index in [-0.39, 0.29) is 17.1 Å². The van der Waals surface area contributed by atoms with Gasteiger partial charge in [-0.25, -0.2) is 0 Å². The predicted molar refractivity (Wildman–Crippen MR) is 176 cm³/mol. The van der Waals surface area contributed by atoms with E-state index in [9.17, 15) is 9.59 Å². The van der Waals surface area contributed by atoms with Crippen LogP contribution in [0, 0.1) is 0 Å². The number of thiocarbonyl (C=S) groups is 1. The molecule has 9 heteroatoms. The summed E-state index contributed by atoms with van der Waals surface area (Å²) in [6.45, 7) is 3.35. The van der Waals surface area contributed by atoms with Gasteiger partial charge in [0, 0.05) is 33.3 Å². The van der Waals surface area contributed by atoms with E-state index in [2.05, 4.69) is 64.1 Å². The summed E-state index contributed by atoms with van der Waals surface area (Å²) in [6.07, 6.45) is 0. The molecule has 44 heavy (non-hydrogen) atoms. The summed E-state index contributed by atoms with van der Waals surface area (Å²) in [5.74, 6) is -0.0714. The van der Waals surface area contributed by atoms with E-state index < -0.39 is 5.91 Å². The lowest BCUT2D eigenvalue weighted by Gasteiger charge is -2.40. The fourth-order valence-electron chi connectivity index (χ4n) is 5.36. The number of carbonyl (C=O) groups excluding carboxylic acids is 2. The Morgan fingerprint density at radius 3 is 1.95 bits per heavy atom. The van der Waals surface area contributed by atoms with Gasteiger partial charge in [0.15, 0.2) is 5.11 Å². The van der Waals surface area contributed by atoms with Crippen molar-refractivity contribution in [3.05, 3.63) is 131 Å². The first-order chi connectivity index (χ1) is 21.5. The van der Waals surface area contributed by atoms with Crippen molar-refractivity contribution in [1.82, 2.24) is 15.1 Å². The second-order valence-electron chi connectivity index (χ2n) is 10.3. The predicted octanol–water partition coefficient (Wildman–Crippen LogP) is 5.39. The highest BCUT2D eigenvalue weighted by molar-refractivity contribution is 7.80. The molecule has 1 heterocycles. The Morgan fingerprint density at radius 1 is 0.750 bits per heavy atom. The maximum absolute atomic E-state index is 13.7. The van der Waals surface area contributed by atoms with Gasteiger partial charge < -0.3 is 19.7 Å². The number of ether oxygens (including phenoxy) is 2. The van der Waals surface area contributed by atoms with E-state index in [1.807, 2.05) is 29.2 Å². The minimum Gasteiger partial charge on any atom is -0.490 e. The Balaban J connectivity index is 1.23. The van der Waals surface area contributed by atoms with Gasteiger partial charge in [-0.15, -0.1) is 0 Å². The summed E-state index contributed by atoms with van der Waals surface area (Å²) >= 11 is 5.47. The van der Waals surface area contributed by atoms with E-state index >= 15 is 0 Å². The highest BCUT2D eigenvalue weighted by Crippen LogP contribution is 2.30. The van der Waals surface area contributed by atoms with Crippen LogP contribution in [0.1, 0.15) is 37.9 Å². The Bertz CT molecular complexity index is 1520. The van der Waals surface area contributed by atoms with Crippen LogP contribution in [0.3, 0.4) is 0 Å². The third kappa shape index (κ3) is 7.68. The van der Waals surface area contributed by atoms with E-state index in [1.54, 1.807) is 43.5 Å². The Kier molecular flexibility index (Phi) is 10.7. The van der Waals surface area contributed by atoms with Crippen LogP contribution in [0.25, 0.3) is 0 Å². The fraction of sp³-hybridized carbons (Fsp3) is 0.229. The molecule has 0 radical (unpaired) electrons. The number of carbonyl (C=O) groups is 2. The van der Waals surface area contributed by atoms with Gasteiger partial charge in [-0.05, 0) is 47.6 Å². The average Bonchev–Trinajstić information content (AvgIpc) is 3.06. The van der Waals surface area contributed by atoms with Crippen molar-refractivity contribution in [2.75, 3.05) is 51.8 Å². The fourth-order valence-corrected chi connectivity index (χ4v) is 5.56. The molecule has 226 valence electrons. The molecular formula is C35H36N4O4S. The maximum Gasteiger partial charge on any atom is 0.261 e. The number of nitrogens with one attached hydrogen (secondary N) is 2. The first-order valence-corrected chi connectivity index (χ1v) is 15.0. The Labute approximate surface area is 263 Å². The number of anilines is 1. The van der Waals surface area contributed by atoms with E-state index in [4.69, 9.17) is 21.7 Å². The first-order valence-electron chi connectivity index (χ1n) is 14.6. The highest BCUT2D eigenvalue weighted by atomic mass is 32.1. The van der Waals surface area contributed by atoms with Gasteiger partial charge in [-0.1, -0.05) is 84.9 Å². The number of para-hydroxylation sites is 2. The van der Waals surface area contributed by atoms with E-state index in [0.29, 0.717) is 48.9 Å². The number of benzene rings is 4. The SMILES string of the molecule is COCCOc1ccccc1C(=O)NC(=S)Nc1ccccc1C(=O)N1CCN(C(c2ccccc2)c2ccccc2)CC1. The molecule has 0 spiro atoms. The van der Waals surface area contributed by atoms with Gasteiger partial charge in [0.1, 0.15) is 12.4 Å². The zero-order chi connectivity index (χ0) is 30.7. The monoisotopic (exact) mass is 608 g/mol. The summed E-state index contributed by atoms with van der Waals surface area (Å²) in [4.78, 5) is 31.1. The highest BCUT2D eigenvalue weighted by Gasteiger charge is 2.29. The number of rotatable bonds is 10. The van der Waals surface area contributed by atoms with Crippen LogP contribution < -0.4 is 15.4 Å². The average molecular weight is 609 g/mol. The van der Waals surface area contributed by atoms with Crippen molar-refractivity contribution < 1.29 is 19.1 Å². The lowest BCUT2D eigenvalue weighted by molar-refractivity contribution is 0.0598. The molecule has 0 aromatic heterocycles. The van der Waals surface area contributed by atoms with Gasteiger partial charge in [0.25, 0.3) is 11.8 Å². The molecule has 1 fully saturated rings. The van der Waals surface area contributed by atoms with Gasteiger partial charge >= 0.3 is 0 Å². The Hall–Kier alpha value is -4.57. The summed E-state index contributed by atoms with van der Waals surface area (Å²) in [5.41, 5.74) is 3.82. The summed E-state index contributed by atoms with van der Waals surface area (Å²) in [7, 11) is 1.59. The molecule has 1 saturated heterocycles. The lowest BCUT2D eigenvalue weighted by Crippen LogP contribution is -2.50. The molecular weight excluding hydrogens is 572 g/mol. The first kappa shape index (κ1) is 30.9. The largest absolute Gasteiger partial charge is 0.490 e. The number of hydrogen-bond donors (Lipinski definition) is 2. The van der Waals surface area contributed by atoms with Crippen LogP contribution in [0.2, 0.25) is 0 Å².